The Labute approximate surface area is 123 Å². The van der Waals surface area contributed by atoms with Gasteiger partial charge in [0.25, 0.3) is 0 Å². The standard InChI is InChI=1S/C14H21N5S/c1-9-4-19(6-11(9)7-20-2)5-10-3-16-13-12(10)17-8-18-14(13)15/h3,8-9,11,16H,4-7H2,1-2H3,(H2,15,17,18). The maximum Gasteiger partial charge on any atom is 0.151 e. The van der Waals surface area contributed by atoms with Crippen molar-refractivity contribution in [2.45, 2.75) is 13.5 Å². The Morgan fingerprint density at radius 3 is 3.10 bits per heavy atom. The lowest BCUT2D eigenvalue weighted by Crippen LogP contribution is -2.20. The van der Waals surface area contributed by atoms with Gasteiger partial charge >= 0.3 is 0 Å². The molecule has 3 N–H and O–H groups in total. The molecule has 2 aromatic heterocycles. The van der Waals surface area contributed by atoms with Crippen LogP contribution in [0.15, 0.2) is 12.5 Å². The van der Waals surface area contributed by atoms with Crippen molar-refractivity contribution in [3.8, 4) is 0 Å². The van der Waals surface area contributed by atoms with E-state index in [1.54, 1.807) is 0 Å². The van der Waals surface area contributed by atoms with Gasteiger partial charge in [-0.05, 0) is 23.8 Å². The third kappa shape index (κ3) is 2.50. The average Bonchev–Trinajstić information content (AvgIpc) is 2.97. The van der Waals surface area contributed by atoms with E-state index in [1.165, 1.54) is 30.7 Å². The Morgan fingerprint density at radius 1 is 1.45 bits per heavy atom. The van der Waals surface area contributed by atoms with Crippen LogP contribution < -0.4 is 5.73 Å². The lowest BCUT2D eigenvalue weighted by atomic mass is 10.0. The molecule has 0 amide bonds. The first-order valence-corrected chi connectivity index (χ1v) is 8.36. The lowest BCUT2D eigenvalue weighted by molar-refractivity contribution is 0.317. The van der Waals surface area contributed by atoms with Crippen molar-refractivity contribution in [3.63, 3.8) is 0 Å². The number of aromatic nitrogens is 3. The highest BCUT2D eigenvalue weighted by molar-refractivity contribution is 7.98. The number of nitrogens with two attached hydrogens (primary N) is 1. The average molecular weight is 291 g/mol. The molecular formula is C14H21N5S. The zero-order chi connectivity index (χ0) is 14.1. The van der Waals surface area contributed by atoms with Crippen LogP contribution in [0.25, 0.3) is 11.0 Å². The Hall–Kier alpha value is -1.27. The molecule has 0 saturated carbocycles. The summed E-state index contributed by atoms with van der Waals surface area (Å²) >= 11 is 1.95. The minimum atomic E-state index is 0.524. The number of likely N-dealkylation sites (tertiary alicyclic amines) is 1. The maximum atomic E-state index is 5.86. The highest BCUT2D eigenvalue weighted by Crippen LogP contribution is 2.28. The molecule has 3 rings (SSSR count). The minimum absolute atomic E-state index is 0.524. The molecule has 108 valence electrons. The van der Waals surface area contributed by atoms with Gasteiger partial charge in [-0.2, -0.15) is 11.8 Å². The Morgan fingerprint density at radius 2 is 2.30 bits per heavy atom. The van der Waals surface area contributed by atoms with Crippen LogP contribution >= 0.6 is 11.8 Å². The van der Waals surface area contributed by atoms with E-state index in [-0.39, 0.29) is 0 Å². The van der Waals surface area contributed by atoms with Crippen LogP contribution in [0.5, 0.6) is 0 Å². The SMILES string of the molecule is CSCC1CN(Cc2c[nH]c3c(N)ncnc23)CC1C. The second-order valence-corrected chi connectivity index (χ2v) is 6.59. The topological polar surface area (TPSA) is 70.8 Å². The number of nitrogens with zero attached hydrogens (tertiary/aromatic N) is 3. The molecule has 0 bridgehead atoms. The number of aromatic amines is 1. The van der Waals surface area contributed by atoms with Crippen molar-refractivity contribution in [1.29, 1.82) is 0 Å². The van der Waals surface area contributed by atoms with Crippen LogP contribution in [-0.4, -0.2) is 44.9 Å². The van der Waals surface area contributed by atoms with Crippen LogP contribution in [0.4, 0.5) is 5.82 Å². The summed E-state index contributed by atoms with van der Waals surface area (Å²) in [6, 6.07) is 0. The molecule has 0 spiro atoms. The van der Waals surface area contributed by atoms with Gasteiger partial charge in [0.2, 0.25) is 0 Å². The number of anilines is 1. The van der Waals surface area contributed by atoms with Crippen LogP contribution in [0, 0.1) is 11.8 Å². The Kier molecular flexibility index (Phi) is 3.85. The fourth-order valence-electron chi connectivity index (χ4n) is 3.08. The highest BCUT2D eigenvalue weighted by atomic mass is 32.2. The van der Waals surface area contributed by atoms with E-state index in [0.29, 0.717) is 5.82 Å². The molecule has 1 saturated heterocycles. The molecule has 1 aliphatic heterocycles. The number of nitrogens with one attached hydrogen (secondary N) is 1. The monoisotopic (exact) mass is 291 g/mol. The molecule has 0 aliphatic carbocycles. The molecule has 20 heavy (non-hydrogen) atoms. The molecule has 3 heterocycles. The number of hydrogen-bond acceptors (Lipinski definition) is 5. The summed E-state index contributed by atoms with van der Waals surface area (Å²) in [5.74, 6) is 3.35. The van der Waals surface area contributed by atoms with Gasteiger partial charge in [-0.3, -0.25) is 4.90 Å². The number of hydrogen-bond donors (Lipinski definition) is 2. The molecule has 0 aromatic carbocycles. The third-order valence-corrected chi connectivity index (χ3v) is 4.95. The van der Waals surface area contributed by atoms with Gasteiger partial charge in [-0.1, -0.05) is 6.92 Å². The van der Waals surface area contributed by atoms with Gasteiger partial charge in [-0.25, -0.2) is 9.97 Å². The minimum Gasteiger partial charge on any atom is -0.382 e. The predicted molar refractivity (Wildman–Crippen MR) is 84.6 cm³/mol. The largest absolute Gasteiger partial charge is 0.382 e. The summed E-state index contributed by atoms with van der Waals surface area (Å²) in [4.78, 5) is 14.1. The Balaban J connectivity index is 1.76. The van der Waals surface area contributed by atoms with Gasteiger partial charge < -0.3 is 10.7 Å². The van der Waals surface area contributed by atoms with E-state index in [4.69, 9.17) is 5.73 Å². The van der Waals surface area contributed by atoms with Gasteiger partial charge in [0.1, 0.15) is 11.8 Å². The highest BCUT2D eigenvalue weighted by Gasteiger charge is 2.29. The van der Waals surface area contributed by atoms with Gasteiger partial charge in [0.05, 0.1) is 5.52 Å². The van der Waals surface area contributed by atoms with Gasteiger partial charge in [0.15, 0.2) is 5.82 Å². The van der Waals surface area contributed by atoms with E-state index in [2.05, 4.69) is 33.0 Å². The molecule has 6 heteroatoms. The summed E-state index contributed by atoms with van der Waals surface area (Å²) in [6.45, 7) is 5.63. The van der Waals surface area contributed by atoms with Crippen molar-refractivity contribution in [1.82, 2.24) is 19.9 Å². The van der Waals surface area contributed by atoms with Crippen molar-refractivity contribution in [2.24, 2.45) is 11.8 Å². The first-order valence-electron chi connectivity index (χ1n) is 6.96. The summed E-state index contributed by atoms with van der Waals surface area (Å²) in [6.07, 6.45) is 5.75. The molecule has 2 atom stereocenters. The fraction of sp³-hybridized carbons (Fsp3) is 0.571. The van der Waals surface area contributed by atoms with Crippen molar-refractivity contribution >= 4 is 28.6 Å². The number of thioether (sulfide) groups is 1. The zero-order valence-corrected chi connectivity index (χ0v) is 12.8. The van der Waals surface area contributed by atoms with E-state index in [1.807, 2.05) is 18.0 Å². The third-order valence-electron chi connectivity index (χ3n) is 4.19. The number of fused-ring (bicyclic) bond motifs is 1. The van der Waals surface area contributed by atoms with Crippen LogP contribution in [0.1, 0.15) is 12.5 Å². The number of rotatable bonds is 4. The summed E-state index contributed by atoms with van der Waals surface area (Å²) in [5, 5.41) is 0. The first kappa shape index (κ1) is 13.7. The molecule has 2 unspecified atom stereocenters. The Bertz CT molecular complexity index is 596. The van der Waals surface area contributed by atoms with Crippen LogP contribution in [0.3, 0.4) is 0 Å². The van der Waals surface area contributed by atoms with E-state index >= 15 is 0 Å². The van der Waals surface area contributed by atoms with Crippen molar-refractivity contribution < 1.29 is 0 Å². The number of H-pyrrole nitrogens is 1. The van der Waals surface area contributed by atoms with Crippen LogP contribution in [-0.2, 0) is 6.54 Å². The summed E-state index contributed by atoms with van der Waals surface area (Å²) in [7, 11) is 0. The lowest BCUT2D eigenvalue weighted by Gasteiger charge is -2.14. The van der Waals surface area contributed by atoms with E-state index < -0.39 is 0 Å². The first-order chi connectivity index (χ1) is 9.69. The molecule has 1 aliphatic rings. The zero-order valence-electron chi connectivity index (χ0n) is 12.0. The van der Waals surface area contributed by atoms with Gasteiger partial charge in [-0.15, -0.1) is 0 Å². The smallest absolute Gasteiger partial charge is 0.151 e. The van der Waals surface area contributed by atoms with Crippen molar-refractivity contribution in [2.75, 3.05) is 30.8 Å². The number of nitrogen functional groups attached to an aromatic ring is 1. The fourth-order valence-corrected chi connectivity index (χ4v) is 3.94. The van der Waals surface area contributed by atoms with Gasteiger partial charge in [0, 0.05) is 31.4 Å². The summed E-state index contributed by atoms with van der Waals surface area (Å²) < 4.78 is 0. The second kappa shape index (κ2) is 5.61. The second-order valence-electron chi connectivity index (χ2n) is 5.68. The molecule has 1 fully saturated rings. The van der Waals surface area contributed by atoms with E-state index in [9.17, 15) is 0 Å². The molecule has 5 nitrogen and oxygen atoms in total. The maximum absolute atomic E-state index is 5.86. The van der Waals surface area contributed by atoms with Crippen LogP contribution in [0.2, 0.25) is 0 Å². The van der Waals surface area contributed by atoms with Crippen molar-refractivity contribution in [3.05, 3.63) is 18.1 Å². The molecular weight excluding hydrogens is 270 g/mol. The molecule has 2 aromatic rings. The van der Waals surface area contributed by atoms with E-state index in [0.717, 1.165) is 29.4 Å². The quantitative estimate of drug-likeness (QED) is 0.901. The molecule has 0 radical (unpaired) electrons. The normalized spacial score (nSPS) is 23.7. The summed E-state index contributed by atoms with van der Waals surface area (Å²) in [5.41, 5.74) is 8.89. The predicted octanol–water partition coefficient (Wildman–Crippen LogP) is 1.97.